The van der Waals surface area contributed by atoms with Gasteiger partial charge in [0.15, 0.2) is 0 Å². The number of hydrogen-bond donors (Lipinski definition) is 2. The highest BCUT2D eigenvalue weighted by molar-refractivity contribution is 6.02. The van der Waals surface area contributed by atoms with Gasteiger partial charge in [0.1, 0.15) is 5.83 Å². The van der Waals surface area contributed by atoms with Crippen molar-refractivity contribution in [1.82, 2.24) is 9.80 Å². The molecule has 0 saturated carbocycles. The number of nitrogens with one attached hydrogen (secondary N) is 1. The molecule has 1 atom stereocenters. The Kier molecular flexibility index (Phi) is 7.81. The fourth-order valence-electron chi connectivity index (χ4n) is 2.92. The van der Waals surface area contributed by atoms with E-state index in [0.29, 0.717) is 37.3 Å². The van der Waals surface area contributed by atoms with Crippen molar-refractivity contribution in [1.29, 1.82) is 0 Å². The molecule has 0 amide bonds. The first kappa shape index (κ1) is 21.7. The minimum atomic E-state index is -0.0448. The molecule has 0 aliphatic heterocycles. The predicted octanol–water partition coefficient (Wildman–Crippen LogP) is 3.75. The van der Waals surface area contributed by atoms with E-state index < -0.39 is 0 Å². The number of hydrogen-bond acceptors (Lipinski definition) is 5. The Balaban J connectivity index is 2.24. The number of rotatable bonds is 9. The molecule has 1 aromatic rings. The topological polar surface area (TPSA) is 56.9 Å². The third kappa shape index (κ3) is 6.23. The molecule has 0 heterocycles. The molecule has 0 saturated heterocycles. The molecule has 1 aromatic carbocycles. The second kappa shape index (κ2) is 10.1. The lowest BCUT2D eigenvalue weighted by Gasteiger charge is -2.27. The highest BCUT2D eigenvalue weighted by atomic mass is 19.1. The van der Waals surface area contributed by atoms with Gasteiger partial charge in [0.2, 0.25) is 0 Å². The highest BCUT2D eigenvalue weighted by Gasteiger charge is 2.18. The standard InChI is InChI=1S/C22H32FN5/c1-16-13-18(11-12-20(16)23)21(15-28(5)17(2)24)25-14-22(27(3)4)26-19-9-7-6-8-10-19/h6-10,13,22,26H,2,11-12,14-15,24H2,1,3-5H3. The molecule has 1 unspecified atom stereocenters. The molecular formula is C22H32FN5. The lowest BCUT2D eigenvalue weighted by Crippen LogP contribution is -2.39. The van der Waals surface area contributed by atoms with E-state index in [9.17, 15) is 4.39 Å². The number of aliphatic imine (C=N–C) groups is 1. The van der Waals surface area contributed by atoms with Crippen molar-refractivity contribution in [3.8, 4) is 0 Å². The maximum Gasteiger partial charge on any atom is 0.103 e. The van der Waals surface area contributed by atoms with Crippen LogP contribution in [0, 0.1) is 0 Å². The third-order valence-electron chi connectivity index (χ3n) is 4.87. The van der Waals surface area contributed by atoms with Gasteiger partial charge < -0.3 is 16.0 Å². The summed E-state index contributed by atoms with van der Waals surface area (Å²) in [6, 6.07) is 10.1. The Morgan fingerprint density at radius 3 is 2.50 bits per heavy atom. The summed E-state index contributed by atoms with van der Waals surface area (Å²) in [7, 11) is 5.92. The maximum absolute atomic E-state index is 13.8. The molecule has 2 rings (SSSR count). The van der Waals surface area contributed by atoms with Gasteiger partial charge in [-0.05, 0) is 50.7 Å². The van der Waals surface area contributed by atoms with Crippen LogP contribution in [0.15, 0.2) is 70.8 Å². The first-order valence-corrected chi connectivity index (χ1v) is 9.51. The first-order chi connectivity index (χ1) is 13.3. The number of anilines is 1. The normalized spacial score (nSPS) is 16.1. The van der Waals surface area contributed by atoms with Gasteiger partial charge in [0.25, 0.3) is 0 Å². The molecule has 6 heteroatoms. The van der Waals surface area contributed by atoms with Gasteiger partial charge in [0.05, 0.1) is 30.8 Å². The van der Waals surface area contributed by atoms with Crippen LogP contribution in [0.3, 0.4) is 0 Å². The third-order valence-corrected chi connectivity index (χ3v) is 4.87. The van der Waals surface area contributed by atoms with Crippen molar-refractivity contribution in [3.63, 3.8) is 0 Å². The minimum Gasteiger partial charge on any atom is -0.386 e. The molecule has 1 aliphatic carbocycles. The summed E-state index contributed by atoms with van der Waals surface area (Å²) in [6.45, 7) is 6.71. The first-order valence-electron chi connectivity index (χ1n) is 9.51. The summed E-state index contributed by atoms with van der Waals surface area (Å²) in [5.74, 6) is 0.436. The Hall–Kier alpha value is -2.60. The molecule has 5 nitrogen and oxygen atoms in total. The summed E-state index contributed by atoms with van der Waals surface area (Å²) in [4.78, 5) is 8.86. The minimum absolute atomic E-state index is 0.0290. The van der Waals surface area contributed by atoms with Crippen LogP contribution in [-0.2, 0) is 0 Å². The van der Waals surface area contributed by atoms with Crippen molar-refractivity contribution < 1.29 is 4.39 Å². The van der Waals surface area contributed by atoms with E-state index >= 15 is 0 Å². The number of benzene rings is 1. The second-order valence-electron chi connectivity index (χ2n) is 7.38. The van der Waals surface area contributed by atoms with Gasteiger partial charge in [-0.2, -0.15) is 0 Å². The molecule has 0 bridgehead atoms. The molecular weight excluding hydrogens is 353 g/mol. The summed E-state index contributed by atoms with van der Waals surface area (Å²) in [5.41, 5.74) is 9.54. The zero-order valence-electron chi connectivity index (χ0n) is 17.4. The van der Waals surface area contributed by atoms with Crippen molar-refractivity contribution in [2.24, 2.45) is 10.7 Å². The molecule has 0 fully saturated rings. The lowest BCUT2D eigenvalue weighted by molar-refractivity contribution is 0.329. The Labute approximate surface area is 168 Å². The molecule has 0 radical (unpaired) electrons. The SMILES string of the molecule is C=C(N)N(C)CC(=NCC(Nc1ccccc1)N(C)C)C1=CC(C)=C(F)CC1. The van der Waals surface area contributed by atoms with E-state index in [1.54, 1.807) is 6.92 Å². The number of para-hydroxylation sites is 1. The molecule has 152 valence electrons. The van der Waals surface area contributed by atoms with Crippen molar-refractivity contribution in [3.05, 3.63) is 65.8 Å². The monoisotopic (exact) mass is 385 g/mol. The average molecular weight is 386 g/mol. The van der Waals surface area contributed by atoms with E-state index in [1.807, 2.05) is 62.5 Å². The fourth-order valence-corrected chi connectivity index (χ4v) is 2.92. The van der Waals surface area contributed by atoms with Gasteiger partial charge in [0, 0.05) is 19.2 Å². The summed E-state index contributed by atoms with van der Waals surface area (Å²) in [5, 5.41) is 3.50. The van der Waals surface area contributed by atoms with Gasteiger partial charge in [-0.25, -0.2) is 4.39 Å². The number of likely N-dealkylation sites (N-methyl/N-ethyl adjacent to an activating group) is 1. The molecule has 0 aromatic heterocycles. The van der Waals surface area contributed by atoms with Crippen LogP contribution in [0.5, 0.6) is 0 Å². The van der Waals surface area contributed by atoms with Crippen molar-refractivity contribution in [2.75, 3.05) is 39.5 Å². The number of halogens is 1. The van der Waals surface area contributed by atoms with E-state index in [2.05, 4.69) is 16.8 Å². The summed E-state index contributed by atoms with van der Waals surface area (Å²) < 4.78 is 13.8. The van der Waals surface area contributed by atoms with Gasteiger partial charge in [-0.15, -0.1) is 0 Å². The van der Waals surface area contributed by atoms with Crippen LogP contribution in [-0.4, -0.2) is 55.9 Å². The number of nitrogens with two attached hydrogens (primary N) is 1. The quantitative estimate of drug-likeness (QED) is 0.502. The van der Waals surface area contributed by atoms with Crippen LogP contribution in [0.4, 0.5) is 10.1 Å². The van der Waals surface area contributed by atoms with E-state index in [1.165, 1.54) is 0 Å². The van der Waals surface area contributed by atoms with Crippen LogP contribution in [0.25, 0.3) is 0 Å². The van der Waals surface area contributed by atoms with Crippen molar-refractivity contribution >= 4 is 11.4 Å². The Morgan fingerprint density at radius 2 is 1.93 bits per heavy atom. The fraction of sp³-hybridized carbons (Fsp3) is 0.409. The Morgan fingerprint density at radius 1 is 1.25 bits per heavy atom. The Bertz CT molecular complexity index is 764. The molecule has 0 spiro atoms. The number of nitrogens with zero attached hydrogens (tertiary/aromatic N) is 3. The van der Waals surface area contributed by atoms with Crippen LogP contribution in [0.2, 0.25) is 0 Å². The maximum atomic E-state index is 13.8. The summed E-state index contributed by atoms with van der Waals surface area (Å²) in [6.07, 6.45) is 3.00. The molecule has 28 heavy (non-hydrogen) atoms. The zero-order valence-corrected chi connectivity index (χ0v) is 17.4. The highest BCUT2D eigenvalue weighted by Crippen LogP contribution is 2.26. The van der Waals surface area contributed by atoms with Crippen LogP contribution < -0.4 is 11.1 Å². The van der Waals surface area contributed by atoms with E-state index in [-0.39, 0.29) is 12.0 Å². The predicted molar refractivity (Wildman–Crippen MR) is 117 cm³/mol. The van der Waals surface area contributed by atoms with Crippen LogP contribution in [0.1, 0.15) is 19.8 Å². The van der Waals surface area contributed by atoms with Crippen LogP contribution >= 0.6 is 0 Å². The second-order valence-corrected chi connectivity index (χ2v) is 7.38. The van der Waals surface area contributed by atoms with E-state index in [0.717, 1.165) is 17.0 Å². The van der Waals surface area contributed by atoms with Gasteiger partial charge in [-0.1, -0.05) is 30.9 Å². The number of allylic oxidation sites excluding steroid dienone is 3. The average Bonchev–Trinajstić information content (AvgIpc) is 2.66. The summed E-state index contributed by atoms with van der Waals surface area (Å²) >= 11 is 0. The largest absolute Gasteiger partial charge is 0.386 e. The molecule has 1 aliphatic rings. The lowest BCUT2D eigenvalue weighted by atomic mass is 9.95. The van der Waals surface area contributed by atoms with Crippen molar-refractivity contribution in [2.45, 2.75) is 25.9 Å². The van der Waals surface area contributed by atoms with E-state index in [4.69, 9.17) is 10.7 Å². The molecule has 3 N–H and O–H groups in total. The van der Waals surface area contributed by atoms with Gasteiger partial charge >= 0.3 is 0 Å². The smallest absolute Gasteiger partial charge is 0.103 e. The van der Waals surface area contributed by atoms with Gasteiger partial charge in [-0.3, -0.25) is 9.89 Å². The zero-order chi connectivity index (χ0) is 20.7.